The molecule has 0 aliphatic heterocycles. The largest absolute Gasteiger partial charge is 0.382 e. The van der Waals surface area contributed by atoms with Gasteiger partial charge in [-0.25, -0.2) is 4.39 Å². The SMILES string of the molecule is CS(=O)(=O)Oc1ccc(F)c(CCl)c1CCl. The van der Waals surface area contributed by atoms with Gasteiger partial charge in [-0.1, -0.05) is 0 Å². The van der Waals surface area contributed by atoms with E-state index >= 15 is 0 Å². The summed E-state index contributed by atoms with van der Waals surface area (Å²) in [6.45, 7) is 0. The maximum atomic E-state index is 13.3. The van der Waals surface area contributed by atoms with Crippen LogP contribution in [0.3, 0.4) is 0 Å². The van der Waals surface area contributed by atoms with Crippen molar-refractivity contribution < 1.29 is 17.0 Å². The Balaban J connectivity index is 3.30. The summed E-state index contributed by atoms with van der Waals surface area (Å²) < 4.78 is 39.9. The summed E-state index contributed by atoms with van der Waals surface area (Å²) in [5.41, 5.74) is 0.403. The van der Waals surface area contributed by atoms with Crippen molar-refractivity contribution in [1.29, 1.82) is 0 Å². The van der Waals surface area contributed by atoms with E-state index in [0.29, 0.717) is 0 Å². The maximum Gasteiger partial charge on any atom is 0.306 e. The smallest absolute Gasteiger partial charge is 0.306 e. The molecule has 0 saturated heterocycles. The average Bonchev–Trinajstić information content (AvgIpc) is 2.18. The predicted molar refractivity (Wildman–Crippen MR) is 61.0 cm³/mol. The van der Waals surface area contributed by atoms with Crippen LogP contribution >= 0.6 is 23.2 Å². The molecule has 0 radical (unpaired) electrons. The quantitative estimate of drug-likeness (QED) is 0.631. The summed E-state index contributed by atoms with van der Waals surface area (Å²) in [4.78, 5) is 0. The highest BCUT2D eigenvalue weighted by Crippen LogP contribution is 2.28. The van der Waals surface area contributed by atoms with Gasteiger partial charge < -0.3 is 4.18 Å². The summed E-state index contributed by atoms with van der Waals surface area (Å²) >= 11 is 11.2. The number of rotatable bonds is 4. The van der Waals surface area contributed by atoms with Crippen molar-refractivity contribution in [3.05, 3.63) is 29.1 Å². The number of halogens is 3. The van der Waals surface area contributed by atoms with Gasteiger partial charge in [0.15, 0.2) is 0 Å². The van der Waals surface area contributed by atoms with Crippen LogP contribution in [-0.2, 0) is 21.9 Å². The maximum absolute atomic E-state index is 13.3. The number of alkyl halides is 2. The Hall–Kier alpha value is -0.520. The van der Waals surface area contributed by atoms with E-state index in [0.717, 1.165) is 12.3 Å². The highest BCUT2D eigenvalue weighted by molar-refractivity contribution is 7.86. The Morgan fingerprint density at radius 3 is 2.25 bits per heavy atom. The summed E-state index contributed by atoms with van der Waals surface area (Å²) in [6, 6.07) is 2.30. The molecule has 0 N–H and O–H groups in total. The minimum Gasteiger partial charge on any atom is -0.382 e. The molecule has 0 heterocycles. The van der Waals surface area contributed by atoms with Gasteiger partial charge in [-0.3, -0.25) is 0 Å². The van der Waals surface area contributed by atoms with Crippen LogP contribution in [0.2, 0.25) is 0 Å². The molecule has 0 unspecified atom stereocenters. The zero-order valence-electron chi connectivity index (χ0n) is 8.34. The van der Waals surface area contributed by atoms with Gasteiger partial charge in [-0.2, -0.15) is 8.42 Å². The first-order valence-electron chi connectivity index (χ1n) is 4.20. The van der Waals surface area contributed by atoms with Crippen LogP contribution in [0, 0.1) is 5.82 Å². The molecule has 1 rings (SSSR count). The van der Waals surface area contributed by atoms with Crippen LogP contribution in [0.15, 0.2) is 12.1 Å². The Bertz CT molecular complexity index is 488. The molecule has 7 heteroatoms. The molecule has 0 fully saturated rings. The Morgan fingerprint density at radius 1 is 1.25 bits per heavy atom. The van der Waals surface area contributed by atoms with E-state index < -0.39 is 15.9 Å². The molecule has 0 aliphatic rings. The van der Waals surface area contributed by atoms with Gasteiger partial charge in [-0.15, -0.1) is 23.2 Å². The lowest BCUT2D eigenvalue weighted by Crippen LogP contribution is -2.09. The highest BCUT2D eigenvalue weighted by Gasteiger charge is 2.16. The molecular formula is C9H9Cl2FO3S. The monoisotopic (exact) mass is 286 g/mol. The van der Waals surface area contributed by atoms with Gasteiger partial charge in [-0.05, 0) is 12.1 Å². The van der Waals surface area contributed by atoms with Gasteiger partial charge in [0.1, 0.15) is 11.6 Å². The molecule has 0 atom stereocenters. The molecule has 0 spiro atoms. The van der Waals surface area contributed by atoms with E-state index in [-0.39, 0.29) is 28.6 Å². The Kier molecular flexibility index (Phi) is 4.41. The zero-order valence-corrected chi connectivity index (χ0v) is 10.7. The van der Waals surface area contributed by atoms with Crippen LogP contribution < -0.4 is 4.18 Å². The number of hydrogen-bond acceptors (Lipinski definition) is 3. The fraction of sp³-hybridized carbons (Fsp3) is 0.333. The minimum absolute atomic E-state index is 0.00884. The minimum atomic E-state index is -3.67. The van der Waals surface area contributed by atoms with E-state index in [2.05, 4.69) is 4.18 Å². The second-order valence-corrected chi connectivity index (χ2v) is 5.17. The van der Waals surface area contributed by atoms with Crippen molar-refractivity contribution in [2.75, 3.05) is 6.26 Å². The van der Waals surface area contributed by atoms with Gasteiger partial charge in [0, 0.05) is 11.1 Å². The number of benzene rings is 1. The lowest BCUT2D eigenvalue weighted by Gasteiger charge is -2.11. The van der Waals surface area contributed by atoms with Crippen LogP contribution in [-0.4, -0.2) is 14.7 Å². The molecule has 0 saturated carbocycles. The Labute approximate surface area is 103 Å². The highest BCUT2D eigenvalue weighted by atomic mass is 35.5. The summed E-state index contributed by atoms with van der Waals surface area (Å²) in [6.07, 6.45) is 0.898. The van der Waals surface area contributed by atoms with E-state index in [4.69, 9.17) is 23.2 Å². The molecule has 0 amide bonds. The number of hydrogen-bond donors (Lipinski definition) is 0. The normalized spacial score (nSPS) is 11.5. The molecule has 1 aromatic rings. The average molecular weight is 287 g/mol. The fourth-order valence-corrected chi connectivity index (χ4v) is 2.24. The van der Waals surface area contributed by atoms with Crippen molar-refractivity contribution >= 4 is 33.3 Å². The van der Waals surface area contributed by atoms with Gasteiger partial charge in [0.2, 0.25) is 0 Å². The second kappa shape index (κ2) is 5.21. The first-order chi connectivity index (χ1) is 7.39. The first-order valence-corrected chi connectivity index (χ1v) is 7.09. The van der Waals surface area contributed by atoms with Crippen LogP contribution in [0.1, 0.15) is 11.1 Å². The van der Waals surface area contributed by atoms with Crippen molar-refractivity contribution in [3.63, 3.8) is 0 Å². The van der Waals surface area contributed by atoms with Crippen molar-refractivity contribution in [2.45, 2.75) is 11.8 Å². The van der Waals surface area contributed by atoms with Crippen molar-refractivity contribution in [2.24, 2.45) is 0 Å². The van der Waals surface area contributed by atoms with Gasteiger partial charge in [0.25, 0.3) is 0 Å². The molecule has 1 aromatic carbocycles. The fourth-order valence-electron chi connectivity index (χ4n) is 1.18. The second-order valence-electron chi connectivity index (χ2n) is 3.06. The van der Waals surface area contributed by atoms with Gasteiger partial charge in [0.05, 0.1) is 18.0 Å². The van der Waals surface area contributed by atoms with E-state index in [9.17, 15) is 12.8 Å². The third-order valence-corrected chi connectivity index (χ3v) is 2.86. The lowest BCUT2D eigenvalue weighted by molar-refractivity contribution is 0.488. The van der Waals surface area contributed by atoms with E-state index in [1.54, 1.807) is 0 Å². The molecule has 0 aromatic heterocycles. The van der Waals surface area contributed by atoms with Crippen LogP contribution in [0.5, 0.6) is 5.75 Å². The summed E-state index contributed by atoms with van der Waals surface area (Å²) in [7, 11) is -3.67. The van der Waals surface area contributed by atoms with Crippen LogP contribution in [0.25, 0.3) is 0 Å². The first kappa shape index (κ1) is 13.5. The molecule has 0 aliphatic carbocycles. The zero-order chi connectivity index (χ0) is 12.3. The molecular weight excluding hydrogens is 278 g/mol. The van der Waals surface area contributed by atoms with E-state index in [1.807, 2.05) is 0 Å². The lowest BCUT2D eigenvalue weighted by atomic mass is 10.1. The van der Waals surface area contributed by atoms with Crippen molar-refractivity contribution in [3.8, 4) is 5.75 Å². The third kappa shape index (κ3) is 3.23. The molecule has 90 valence electrons. The third-order valence-electron chi connectivity index (χ3n) is 1.84. The molecule has 0 bridgehead atoms. The summed E-state index contributed by atoms with van der Waals surface area (Å²) in [5, 5.41) is 0. The van der Waals surface area contributed by atoms with Crippen molar-refractivity contribution in [1.82, 2.24) is 0 Å². The standard InChI is InChI=1S/C9H9Cl2FO3S/c1-16(13,14)15-9-3-2-8(12)6(4-10)7(9)5-11/h2-3H,4-5H2,1H3. The topological polar surface area (TPSA) is 43.4 Å². The van der Waals surface area contributed by atoms with E-state index in [1.165, 1.54) is 6.07 Å². The predicted octanol–water partition coefficient (Wildman–Crippen LogP) is 2.64. The summed E-state index contributed by atoms with van der Waals surface area (Å²) in [5.74, 6) is -0.708. The van der Waals surface area contributed by atoms with Crippen LogP contribution in [0.4, 0.5) is 4.39 Å². The Morgan fingerprint density at radius 2 is 1.81 bits per heavy atom. The van der Waals surface area contributed by atoms with Gasteiger partial charge >= 0.3 is 10.1 Å². The molecule has 3 nitrogen and oxygen atoms in total. The molecule has 16 heavy (non-hydrogen) atoms.